The Morgan fingerprint density at radius 1 is 0.769 bits per heavy atom. The van der Waals surface area contributed by atoms with Crippen molar-refractivity contribution >= 4 is 23.2 Å². The Bertz CT molecular complexity index is 852. The van der Waals surface area contributed by atoms with Crippen LogP contribution in [0.1, 0.15) is 27.8 Å². The highest BCUT2D eigenvalue weighted by Gasteiger charge is 2.36. The highest BCUT2D eigenvalue weighted by molar-refractivity contribution is 6.31. The first-order valence-electron chi connectivity index (χ1n) is 8.62. The first-order chi connectivity index (χ1) is 12.5. The fourth-order valence-electron chi connectivity index (χ4n) is 3.33. The summed E-state index contributed by atoms with van der Waals surface area (Å²) in [6, 6.07) is 22.7. The maximum Gasteiger partial charge on any atom is 0.0949 e. The molecule has 0 saturated carbocycles. The van der Waals surface area contributed by atoms with Gasteiger partial charge in [-0.1, -0.05) is 77.8 Å². The molecule has 0 aromatic heterocycles. The van der Waals surface area contributed by atoms with Crippen LogP contribution in [0.5, 0.6) is 0 Å². The molecule has 0 saturated heterocycles. The lowest BCUT2D eigenvalue weighted by Gasteiger charge is -2.37. The van der Waals surface area contributed by atoms with Crippen LogP contribution in [-0.4, -0.2) is 6.54 Å². The van der Waals surface area contributed by atoms with Crippen LogP contribution >= 0.6 is 23.2 Å². The van der Waals surface area contributed by atoms with Gasteiger partial charge in [-0.3, -0.25) is 5.32 Å². The topological polar surface area (TPSA) is 12.0 Å². The van der Waals surface area contributed by atoms with Crippen LogP contribution in [0.25, 0.3) is 0 Å². The molecule has 0 atom stereocenters. The van der Waals surface area contributed by atoms with Gasteiger partial charge in [-0.15, -0.1) is 0 Å². The minimum Gasteiger partial charge on any atom is -0.300 e. The molecular formula is C23H22Cl2N. The Morgan fingerprint density at radius 2 is 1.27 bits per heavy atom. The number of aryl methyl sites for hydroxylation is 2. The quantitative estimate of drug-likeness (QED) is 0.508. The lowest BCUT2D eigenvalue weighted by atomic mass is 9.76. The number of hydrogen-bond donors (Lipinski definition) is 1. The van der Waals surface area contributed by atoms with E-state index in [1.165, 1.54) is 0 Å². The van der Waals surface area contributed by atoms with Crippen molar-refractivity contribution in [1.29, 1.82) is 0 Å². The third-order valence-corrected chi connectivity index (χ3v) is 5.62. The minimum absolute atomic E-state index is 0.548. The second kappa shape index (κ2) is 7.84. The molecule has 133 valence electrons. The lowest BCUT2D eigenvalue weighted by Crippen LogP contribution is -2.44. The van der Waals surface area contributed by atoms with Gasteiger partial charge in [0.25, 0.3) is 0 Å². The van der Waals surface area contributed by atoms with E-state index in [0.717, 1.165) is 37.9 Å². The fourth-order valence-corrected chi connectivity index (χ4v) is 3.70. The molecule has 3 rings (SSSR count). The third kappa shape index (κ3) is 3.40. The first-order valence-corrected chi connectivity index (χ1v) is 9.37. The van der Waals surface area contributed by atoms with Crippen LogP contribution in [0.3, 0.4) is 0 Å². The van der Waals surface area contributed by atoms with Crippen LogP contribution in [0.2, 0.25) is 10.0 Å². The molecule has 1 nitrogen and oxygen atoms in total. The minimum atomic E-state index is -0.586. The predicted molar refractivity (Wildman–Crippen MR) is 112 cm³/mol. The largest absolute Gasteiger partial charge is 0.300 e. The van der Waals surface area contributed by atoms with Crippen LogP contribution in [0, 0.1) is 20.8 Å². The summed E-state index contributed by atoms with van der Waals surface area (Å²) in [6.07, 6.45) is 0. The van der Waals surface area contributed by atoms with Crippen molar-refractivity contribution in [3.05, 3.63) is 112 Å². The van der Waals surface area contributed by atoms with E-state index >= 15 is 0 Å². The Balaban J connectivity index is 2.35. The lowest BCUT2D eigenvalue weighted by molar-refractivity contribution is 0.500. The number of benzene rings is 3. The molecule has 0 aliphatic heterocycles. The van der Waals surface area contributed by atoms with E-state index in [2.05, 4.69) is 48.6 Å². The van der Waals surface area contributed by atoms with Crippen molar-refractivity contribution in [2.45, 2.75) is 19.4 Å². The Labute approximate surface area is 166 Å². The molecule has 0 spiro atoms. The number of rotatable bonds is 5. The Kier molecular flexibility index (Phi) is 5.72. The van der Waals surface area contributed by atoms with Crippen molar-refractivity contribution in [1.82, 2.24) is 5.32 Å². The van der Waals surface area contributed by atoms with Crippen LogP contribution in [-0.2, 0) is 5.54 Å². The molecule has 1 radical (unpaired) electrons. The van der Waals surface area contributed by atoms with Crippen LogP contribution in [0.4, 0.5) is 0 Å². The average molecular weight is 383 g/mol. The summed E-state index contributed by atoms with van der Waals surface area (Å²) in [5.74, 6) is 0. The Morgan fingerprint density at radius 3 is 1.69 bits per heavy atom. The zero-order chi connectivity index (χ0) is 18.7. The number of nitrogens with one attached hydrogen (secondary N) is 1. The number of halogens is 2. The van der Waals surface area contributed by atoms with E-state index in [1.807, 2.05) is 44.2 Å². The second-order valence-electron chi connectivity index (χ2n) is 6.47. The molecule has 0 fully saturated rings. The van der Waals surface area contributed by atoms with Crippen molar-refractivity contribution in [3.63, 3.8) is 0 Å². The van der Waals surface area contributed by atoms with Crippen molar-refractivity contribution in [3.8, 4) is 0 Å². The summed E-state index contributed by atoms with van der Waals surface area (Å²) in [6.45, 7) is 8.61. The molecule has 3 heteroatoms. The van der Waals surface area contributed by atoms with E-state index < -0.39 is 5.54 Å². The summed E-state index contributed by atoms with van der Waals surface area (Å²) in [4.78, 5) is 0. The van der Waals surface area contributed by atoms with Gasteiger partial charge < -0.3 is 0 Å². The van der Waals surface area contributed by atoms with Crippen molar-refractivity contribution < 1.29 is 0 Å². The van der Waals surface area contributed by atoms with Gasteiger partial charge in [0.15, 0.2) is 0 Å². The van der Waals surface area contributed by atoms with Gasteiger partial charge in [0.05, 0.1) is 5.54 Å². The normalized spacial score (nSPS) is 11.6. The fraction of sp³-hybridized carbons (Fsp3) is 0.174. The maximum absolute atomic E-state index is 6.48. The zero-order valence-electron chi connectivity index (χ0n) is 15.0. The van der Waals surface area contributed by atoms with Crippen LogP contribution in [0.15, 0.2) is 66.7 Å². The molecule has 0 unspecified atom stereocenters. The molecule has 0 aliphatic rings. The molecular weight excluding hydrogens is 361 g/mol. The predicted octanol–water partition coefficient (Wildman–Crippen LogP) is 6.33. The van der Waals surface area contributed by atoms with E-state index in [0.29, 0.717) is 6.54 Å². The SMILES string of the molecule is [CH2]CNC(c1ccccc1)(c1ccc(C)c(Cl)c1)c1ccc(C)c(Cl)c1. The first kappa shape index (κ1) is 19.0. The standard InChI is InChI=1S/C23H22Cl2N/c1-4-26-23(18-8-6-5-7-9-18,19-12-10-16(2)21(24)14-19)20-13-11-17(3)22(25)15-20/h5-15,26H,1,4H2,2-3H3. The maximum atomic E-state index is 6.48. The molecule has 0 heterocycles. The highest BCUT2D eigenvalue weighted by atomic mass is 35.5. The van der Waals surface area contributed by atoms with Gasteiger partial charge in [0, 0.05) is 10.0 Å². The van der Waals surface area contributed by atoms with E-state index in [4.69, 9.17) is 23.2 Å². The summed E-state index contributed by atoms with van der Waals surface area (Å²) in [7, 11) is 0. The van der Waals surface area contributed by atoms with Gasteiger partial charge in [-0.25, -0.2) is 0 Å². The molecule has 0 amide bonds. The zero-order valence-corrected chi connectivity index (χ0v) is 16.5. The van der Waals surface area contributed by atoms with Crippen LogP contribution < -0.4 is 5.32 Å². The molecule has 0 aliphatic carbocycles. The summed E-state index contributed by atoms with van der Waals surface area (Å²) < 4.78 is 0. The van der Waals surface area contributed by atoms with Gasteiger partial charge in [0.1, 0.15) is 0 Å². The summed E-state index contributed by atoms with van der Waals surface area (Å²) in [5.41, 5.74) is 4.75. The average Bonchev–Trinajstić information content (AvgIpc) is 2.65. The van der Waals surface area contributed by atoms with Gasteiger partial charge >= 0.3 is 0 Å². The van der Waals surface area contributed by atoms with Gasteiger partial charge in [-0.05, 0) is 67.3 Å². The second-order valence-corrected chi connectivity index (χ2v) is 7.29. The molecule has 0 bridgehead atoms. The summed E-state index contributed by atoms with van der Waals surface area (Å²) in [5, 5.41) is 5.09. The van der Waals surface area contributed by atoms with Gasteiger partial charge in [-0.2, -0.15) is 0 Å². The van der Waals surface area contributed by atoms with E-state index in [-0.39, 0.29) is 0 Å². The Hall–Kier alpha value is -1.80. The van der Waals surface area contributed by atoms with Gasteiger partial charge in [0.2, 0.25) is 0 Å². The van der Waals surface area contributed by atoms with E-state index in [1.54, 1.807) is 0 Å². The van der Waals surface area contributed by atoms with Crippen molar-refractivity contribution in [2.24, 2.45) is 0 Å². The smallest absolute Gasteiger partial charge is 0.0949 e. The molecule has 26 heavy (non-hydrogen) atoms. The summed E-state index contributed by atoms with van der Waals surface area (Å²) >= 11 is 13.0. The highest BCUT2D eigenvalue weighted by Crippen LogP contribution is 2.39. The third-order valence-electron chi connectivity index (χ3n) is 4.81. The molecule has 1 N–H and O–H groups in total. The number of hydrogen-bond acceptors (Lipinski definition) is 1. The van der Waals surface area contributed by atoms with Crippen molar-refractivity contribution in [2.75, 3.05) is 6.54 Å². The molecule has 3 aromatic rings. The van der Waals surface area contributed by atoms with E-state index in [9.17, 15) is 0 Å². The monoisotopic (exact) mass is 382 g/mol. The molecule has 3 aromatic carbocycles.